The molecule has 1 amide bonds. The molecule has 0 fully saturated rings. The number of primary amides is 1. The topological polar surface area (TPSA) is 113 Å². The molecule has 0 radical (unpaired) electrons. The highest BCUT2D eigenvalue weighted by atomic mass is 19.1. The van der Waals surface area contributed by atoms with Crippen LogP contribution in [0.2, 0.25) is 0 Å². The number of amides is 1. The molecule has 0 spiro atoms. The van der Waals surface area contributed by atoms with Gasteiger partial charge in [0.2, 0.25) is 0 Å². The molecule has 2 aromatic carbocycles. The summed E-state index contributed by atoms with van der Waals surface area (Å²) in [5.41, 5.74) is 5.47. The number of nitrogens with zero attached hydrogens (tertiary/aromatic N) is 4. The smallest absolute Gasteiger partial charge is 0.330 e. The molecule has 0 aliphatic carbocycles. The lowest BCUT2D eigenvalue weighted by molar-refractivity contribution is 0.0966. The Kier molecular flexibility index (Phi) is 5.35. The molecule has 2 aromatic heterocycles. The molecule has 2 heterocycles. The molecule has 8 nitrogen and oxygen atoms in total. The van der Waals surface area contributed by atoms with E-state index in [1.54, 1.807) is 6.92 Å². The van der Waals surface area contributed by atoms with Crippen molar-refractivity contribution in [3.8, 4) is 11.4 Å². The van der Waals surface area contributed by atoms with Gasteiger partial charge in [-0.05, 0) is 55.5 Å². The lowest BCUT2D eigenvalue weighted by Gasteiger charge is -2.07. The van der Waals surface area contributed by atoms with Crippen LogP contribution in [0.15, 0.2) is 53.3 Å². The first-order chi connectivity index (χ1) is 15.3. The van der Waals surface area contributed by atoms with Gasteiger partial charge in [-0.2, -0.15) is 0 Å². The lowest BCUT2D eigenvalue weighted by atomic mass is 10.1. The zero-order valence-corrected chi connectivity index (χ0v) is 16.9. The van der Waals surface area contributed by atoms with E-state index in [9.17, 15) is 23.2 Å². The number of hydrogen-bond donors (Lipinski definition) is 1. The Bertz CT molecular complexity index is 1410. The normalized spacial score (nSPS) is 11.1. The van der Waals surface area contributed by atoms with Crippen LogP contribution in [0, 0.1) is 11.6 Å². The third-order valence-electron chi connectivity index (χ3n) is 4.97. The van der Waals surface area contributed by atoms with Crippen molar-refractivity contribution in [3.05, 3.63) is 81.9 Å². The Morgan fingerprint density at radius 2 is 1.53 bits per heavy atom. The molecule has 162 valence electrons. The number of halogens is 2. The van der Waals surface area contributed by atoms with E-state index in [4.69, 9.17) is 5.73 Å². The van der Waals surface area contributed by atoms with Crippen LogP contribution in [0.3, 0.4) is 0 Å². The minimum atomic E-state index is -0.919. The number of hydrogen-bond acceptors (Lipinski definition) is 5. The van der Waals surface area contributed by atoms with Gasteiger partial charge in [0.05, 0.1) is 6.54 Å². The molecule has 0 aliphatic heterocycles. The summed E-state index contributed by atoms with van der Waals surface area (Å²) < 4.78 is 28.9. The molecule has 4 aromatic rings. The molecule has 32 heavy (non-hydrogen) atoms. The summed E-state index contributed by atoms with van der Waals surface area (Å²) in [5.74, 6) is -2.27. The van der Waals surface area contributed by atoms with Gasteiger partial charge in [-0.1, -0.05) is 0 Å². The number of carbonyl (C=O) groups excluding carboxylic acids is 2. The summed E-state index contributed by atoms with van der Waals surface area (Å²) in [6.45, 7) is 1.48. The zero-order chi connectivity index (χ0) is 23.0. The van der Waals surface area contributed by atoms with Gasteiger partial charge >= 0.3 is 5.69 Å². The molecule has 0 saturated carbocycles. The van der Waals surface area contributed by atoms with Crippen molar-refractivity contribution in [1.82, 2.24) is 19.1 Å². The third kappa shape index (κ3) is 3.66. The molecule has 4 rings (SSSR count). The molecule has 0 saturated heterocycles. The van der Waals surface area contributed by atoms with E-state index in [1.165, 1.54) is 41.0 Å². The number of fused-ring (bicyclic) bond motifs is 1. The Balaban J connectivity index is 1.92. The lowest BCUT2D eigenvalue weighted by Crippen LogP contribution is -2.27. The van der Waals surface area contributed by atoms with Crippen LogP contribution < -0.4 is 11.4 Å². The highest BCUT2D eigenvalue weighted by Crippen LogP contribution is 2.22. The quantitative estimate of drug-likeness (QED) is 0.466. The van der Waals surface area contributed by atoms with Crippen molar-refractivity contribution >= 4 is 22.9 Å². The first-order valence-corrected chi connectivity index (χ1v) is 9.65. The van der Waals surface area contributed by atoms with Gasteiger partial charge in [-0.25, -0.2) is 23.5 Å². The van der Waals surface area contributed by atoms with Crippen molar-refractivity contribution in [2.24, 2.45) is 5.73 Å². The van der Waals surface area contributed by atoms with Crippen molar-refractivity contribution in [3.63, 3.8) is 0 Å². The second kappa shape index (κ2) is 8.14. The molecule has 0 aliphatic rings. The van der Waals surface area contributed by atoms with Crippen molar-refractivity contribution in [2.45, 2.75) is 20.0 Å². The first-order valence-electron chi connectivity index (χ1n) is 9.65. The van der Waals surface area contributed by atoms with Crippen LogP contribution in [0.4, 0.5) is 8.78 Å². The van der Waals surface area contributed by atoms with Crippen LogP contribution in [0.1, 0.15) is 27.8 Å². The van der Waals surface area contributed by atoms with Gasteiger partial charge in [-0.15, -0.1) is 0 Å². The predicted octanol–water partition coefficient (Wildman–Crippen LogP) is 2.54. The SMILES string of the molecule is CCn1c(=O)n(CC(=O)c2ccc(F)cc2)c2c(C(N)=O)nc(-c3ccc(F)cc3)nc21. The monoisotopic (exact) mass is 437 g/mol. The fourth-order valence-corrected chi connectivity index (χ4v) is 3.41. The van der Waals surface area contributed by atoms with Gasteiger partial charge in [0.25, 0.3) is 5.91 Å². The van der Waals surface area contributed by atoms with Gasteiger partial charge < -0.3 is 5.73 Å². The van der Waals surface area contributed by atoms with Gasteiger partial charge in [0, 0.05) is 17.7 Å². The predicted molar refractivity (Wildman–Crippen MR) is 112 cm³/mol. The Morgan fingerprint density at radius 1 is 0.938 bits per heavy atom. The van der Waals surface area contributed by atoms with Crippen molar-refractivity contribution in [1.29, 1.82) is 0 Å². The molecule has 0 unspecified atom stereocenters. The summed E-state index contributed by atoms with van der Waals surface area (Å²) in [6.07, 6.45) is 0. The summed E-state index contributed by atoms with van der Waals surface area (Å²) in [6, 6.07) is 10.2. The second-order valence-corrected chi connectivity index (χ2v) is 6.98. The summed E-state index contributed by atoms with van der Waals surface area (Å²) >= 11 is 0. The second-order valence-electron chi connectivity index (χ2n) is 6.98. The minimum absolute atomic E-state index is 0.0191. The number of ketones is 1. The number of benzene rings is 2. The molecule has 10 heteroatoms. The number of rotatable bonds is 6. The maximum Gasteiger partial charge on any atom is 0.330 e. The van der Waals surface area contributed by atoms with E-state index in [0.717, 1.165) is 16.7 Å². The molecular formula is C22H17F2N5O3. The number of Topliss-reactive ketones (excluding diaryl/α,β-unsaturated/α-hetero) is 1. The van der Waals surface area contributed by atoms with Gasteiger partial charge in [-0.3, -0.25) is 18.7 Å². The van der Waals surface area contributed by atoms with Crippen LogP contribution in [-0.2, 0) is 13.1 Å². The Morgan fingerprint density at radius 3 is 2.09 bits per heavy atom. The standard InChI is InChI=1S/C22H17F2N5O3/c1-2-28-21-18(29(22(28)32)11-16(30)12-3-7-14(23)8-4-12)17(19(25)31)26-20(27-21)13-5-9-15(24)10-6-13/h3-10H,2,11H2,1H3,(H2,25,31). The Hall–Kier alpha value is -4.21. The summed E-state index contributed by atoms with van der Waals surface area (Å²) in [4.78, 5) is 46.6. The van der Waals surface area contributed by atoms with E-state index in [-0.39, 0.29) is 34.8 Å². The first kappa shape index (κ1) is 21.0. The Labute approximate surface area is 179 Å². The molecule has 0 bridgehead atoms. The van der Waals surface area contributed by atoms with Crippen molar-refractivity contribution in [2.75, 3.05) is 0 Å². The van der Waals surface area contributed by atoms with Crippen LogP contribution >= 0.6 is 0 Å². The molecule has 0 atom stereocenters. The minimum Gasteiger partial charge on any atom is -0.364 e. The molecular weight excluding hydrogens is 420 g/mol. The van der Waals surface area contributed by atoms with Crippen LogP contribution in [-0.4, -0.2) is 30.8 Å². The fraction of sp³-hybridized carbons (Fsp3) is 0.136. The van der Waals surface area contributed by atoms with Crippen LogP contribution in [0.5, 0.6) is 0 Å². The summed E-state index contributed by atoms with van der Waals surface area (Å²) in [7, 11) is 0. The summed E-state index contributed by atoms with van der Waals surface area (Å²) in [5, 5.41) is 0. The van der Waals surface area contributed by atoms with Crippen molar-refractivity contribution < 1.29 is 18.4 Å². The number of aromatic nitrogens is 4. The van der Waals surface area contributed by atoms with E-state index in [1.807, 2.05) is 0 Å². The maximum absolute atomic E-state index is 13.3. The van der Waals surface area contributed by atoms with E-state index in [0.29, 0.717) is 5.56 Å². The number of aryl methyl sites for hydroxylation is 1. The third-order valence-corrected chi connectivity index (χ3v) is 4.97. The number of nitrogens with two attached hydrogens (primary N) is 1. The molecule has 2 N–H and O–H groups in total. The average molecular weight is 437 g/mol. The fourth-order valence-electron chi connectivity index (χ4n) is 3.41. The largest absolute Gasteiger partial charge is 0.364 e. The van der Waals surface area contributed by atoms with E-state index >= 15 is 0 Å². The maximum atomic E-state index is 13.3. The highest BCUT2D eigenvalue weighted by molar-refractivity contribution is 6.03. The van der Waals surface area contributed by atoms with Crippen LogP contribution in [0.25, 0.3) is 22.6 Å². The highest BCUT2D eigenvalue weighted by Gasteiger charge is 2.24. The van der Waals surface area contributed by atoms with E-state index in [2.05, 4.69) is 9.97 Å². The van der Waals surface area contributed by atoms with Gasteiger partial charge in [0.1, 0.15) is 17.2 Å². The number of imidazole rings is 1. The average Bonchev–Trinajstić information content (AvgIpc) is 3.04. The van der Waals surface area contributed by atoms with Gasteiger partial charge in [0.15, 0.2) is 22.9 Å². The zero-order valence-electron chi connectivity index (χ0n) is 16.9. The van der Waals surface area contributed by atoms with E-state index < -0.39 is 35.6 Å². The number of carbonyl (C=O) groups is 2.